The Hall–Kier alpha value is -1.85. The van der Waals surface area contributed by atoms with Gasteiger partial charge in [0.05, 0.1) is 16.6 Å². The zero-order valence-corrected chi connectivity index (χ0v) is 14.7. The first-order valence-electron chi connectivity index (χ1n) is 8.09. The summed E-state index contributed by atoms with van der Waals surface area (Å²) in [6, 6.07) is 10.7. The largest absolute Gasteiger partial charge is 0.355 e. The first-order valence-corrected chi connectivity index (χ1v) is 8.91. The van der Waals surface area contributed by atoms with Crippen molar-refractivity contribution in [2.75, 3.05) is 45.2 Å². The van der Waals surface area contributed by atoms with E-state index in [0.717, 1.165) is 36.5 Å². The number of thiophene rings is 1. The van der Waals surface area contributed by atoms with Crippen molar-refractivity contribution < 1.29 is 0 Å². The average molecular weight is 326 g/mol. The van der Waals surface area contributed by atoms with Crippen molar-refractivity contribution in [3.63, 3.8) is 0 Å². The summed E-state index contributed by atoms with van der Waals surface area (Å²) in [4.78, 5) is 13.5. The predicted octanol–water partition coefficient (Wildman–Crippen LogP) is 1.77. The first kappa shape index (κ1) is 14.7. The number of hydrogen-bond acceptors (Lipinski definition) is 5. The van der Waals surface area contributed by atoms with Crippen LogP contribution < -0.4 is 14.8 Å². The van der Waals surface area contributed by atoms with Gasteiger partial charge in [0.25, 0.3) is 0 Å². The summed E-state index contributed by atoms with van der Waals surface area (Å²) in [5.41, 5.74) is 2.24. The van der Waals surface area contributed by atoms with E-state index < -0.39 is 0 Å². The molecule has 1 aromatic heterocycles. The van der Waals surface area contributed by atoms with E-state index in [0.29, 0.717) is 0 Å². The van der Waals surface area contributed by atoms with Crippen molar-refractivity contribution in [2.45, 2.75) is 6.92 Å². The lowest BCUT2D eigenvalue weighted by molar-refractivity contribution is 0.203. The molecule has 0 bridgehead atoms. The maximum absolute atomic E-state index is 4.95. The maximum atomic E-state index is 4.95. The molecule has 0 aliphatic carbocycles. The molecule has 0 N–H and O–H groups in total. The molecule has 1 saturated heterocycles. The predicted molar refractivity (Wildman–Crippen MR) is 96.8 cm³/mol. The van der Waals surface area contributed by atoms with Crippen LogP contribution in [0.1, 0.15) is 4.88 Å². The number of benzene rings is 1. The first-order chi connectivity index (χ1) is 11.1. The van der Waals surface area contributed by atoms with E-state index in [1.807, 2.05) is 0 Å². The van der Waals surface area contributed by atoms with Crippen molar-refractivity contribution >= 4 is 28.5 Å². The van der Waals surface area contributed by atoms with Gasteiger partial charge >= 0.3 is 0 Å². The zero-order chi connectivity index (χ0) is 16.0. The average Bonchev–Trinajstić information content (AvgIpc) is 2.85. The molecule has 4 rings (SSSR count). The molecule has 0 unspecified atom stereocenters. The molecular weight excluding hydrogens is 304 g/mol. The van der Waals surface area contributed by atoms with Crippen LogP contribution in [-0.4, -0.2) is 50.1 Å². The summed E-state index contributed by atoms with van der Waals surface area (Å²) in [5.74, 6) is 1.30. The van der Waals surface area contributed by atoms with E-state index in [9.17, 15) is 0 Å². The fourth-order valence-electron chi connectivity index (χ4n) is 3.39. The summed E-state index contributed by atoms with van der Waals surface area (Å²) in [6.07, 6.45) is 0. The Labute approximate surface area is 141 Å². The van der Waals surface area contributed by atoms with Gasteiger partial charge in [0.1, 0.15) is 10.5 Å². The second-order valence-corrected chi connectivity index (χ2v) is 7.58. The molecule has 1 aromatic carbocycles. The van der Waals surface area contributed by atoms with Crippen LogP contribution in [0.15, 0.2) is 35.3 Å². The van der Waals surface area contributed by atoms with Gasteiger partial charge in [-0.1, -0.05) is 12.1 Å². The van der Waals surface area contributed by atoms with Gasteiger partial charge in [-0.05, 0) is 32.2 Å². The number of nitrogens with zero attached hydrogens (tertiary/aromatic N) is 4. The van der Waals surface area contributed by atoms with Crippen LogP contribution in [0.3, 0.4) is 0 Å². The molecule has 0 radical (unpaired) electrons. The molecule has 0 spiro atoms. The SMILES string of the molecule is Cc1cc2c(s1)=Nc1ccccc1N(C)C=2N1CCN(C)CC1. The monoisotopic (exact) mass is 326 g/mol. The minimum absolute atomic E-state index is 1.06. The molecule has 120 valence electrons. The molecule has 0 amide bonds. The minimum Gasteiger partial charge on any atom is -0.355 e. The molecule has 23 heavy (non-hydrogen) atoms. The zero-order valence-electron chi connectivity index (χ0n) is 13.9. The summed E-state index contributed by atoms with van der Waals surface area (Å²) in [7, 11) is 4.37. The maximum Gasteiger partial charge on any atom is 0.127 e. The Morgan fingerprint density at radius 2 is 1.78 bits per heavy atom. The van der Waals surface area contributed by atoms with Crippen LogP contribution in [0.4, 0.5) is 11.4 Å². The Bertz CT molecular complexity index is 846. The van der Waals surface area contributed by atoms with Crippen molar-refractivity contribution in [1.29, 1.82) is 0 Å². The van der Waals surface area contributed by atoms with E-state index >= 15 is 0 Å². The van der Waals surface area contributed by atoms with Gasteiger partial charge in [-0.2, -0.15) is 0 Å². The van der Waals surface area contributed by atoms with E-state index in [1.165, 1.54) is 21.6 Å². The third kappa shape index (κ3) is 2.54. The number of rotatable bonds is 1. The van der Waals surface area contributed by atoms with Gasteiger partial charge in [0.15, 0.2) is 0 Å². The quantitative estimate of drug-likeness (QED) is 0.797. The van der Waals surface area contributed by atoms with Crippen LogP contribution in [0, 0.1) is 6.92 Å². The molecule has 0 atom stereocenters. The molecular formula is C18H22N4S. The third-order valence-corrected chi connectivity index (χ3v) is 5.61. The molecule has 4 nitrogen and oxygen atoms in total. The lowest BCUT2D eigenvalue weighted by Gasteiger charge is -2.38. The van der Waals surface area contributed by atoms with Crippen LogP contribution in [-0.2, 0) is 0 Å². The van der Waals surface area contributed by atoms with Crippen molar-refractivity contribution in [3.05, 3.63) is 45.1 Å². The fraction of sp³-hybridized carbons (Fsp3) is 0.389. The highest BCUT2D eigenvalue weighted by atomic mass is 32.1. The highest BCUT2D eigenvalue weighted by Gasteiger charge is 2.24. The summed E-state index contributed by atoms with van der Waals surface area (Å²) in [5, 5.41) is 1.27. The van der Waals surface area contributed by atoms with E-state index in [-0.39, 0.29) is 0 Å². The molecule has 5 heteroatoms. The van der Waals surface area contributed by atoms with E-state index in [1.54, 1.807) is 11.3 Å². The van der Waals surface area contributed by atoms with Gasteiger partial charge in [-0.15, -0.1) is 11.3 Å². The van der Waals surface area contributed by atoms with Crippen LogP contribution in [0.25, 0.3) is 5.82 Å². The standard InChI is InChI=1S/C18H22N4S/c1-13-12-14-17(23-13)19-15-6-4-5-7-16(15)21(3)18(14)22-10-8-20(2)9-11-22/h4-7,12H,8-11H2,1-3H3. The van der Waals surface area contributed by atoms with Gasteiger partial charge in [0.2, 0.25) is 0 Å². The highest BCUT2D eigenvalue weighted by Crippen LogP contribution is 2.32. The molecule has 2 aliphatic heterocycles. The lowest BCUT2D eigenvalue weighted by Crippen LogP contribution is -2.49. The van der Waals surface area contributed by atoms with E-state index in [2.05, 4.69) is 66.1 Å². The number of aryl methyl sites for hydroxylation is 1. The Kier molecular flexibility index (Phi) is 3.62. The van der Waals surface area contributed by atoms with Crippen LogP contribution in [0.2, 0.25) is 0 Å². The third-order valence-electron chi connectivity index (χ3n) is 4.66. The summed E-state index contributed by atoms with van der Waals surface area (Å²) in [6.45, 7) is 6.50. The molecule has 2 aromatic rings. The van der Waals surface area contributed by atoms with Crippen LogP contribution in [0.5, 0.6) is 0 Å². The van der Waals surface area contributed by atoms with Crippen molar-refractivity contribution in [3.8, 4) is 0 Å². The number of fused-ring (bicyclic) bond motifs is 2. The number of likely N-dealkylation sites (N-methyl/N-ethyl adjacent to an activating group) is 1. The summed E-state index contributed by atoms with van der Waals surface area (Å²) >= 11 is 1.79. The van der Waals surface area contributed by atoms with Gasteiger partial charge < -0.3 is 14.7 Å². The second kappa shape index (κ2) is 5.65. The summed E-state index contributed by atoms with van der Waals surface area (Å²) < 4.78 is 1.13. The topological polar surface area (TPSA) is 22.1 Å². The molecule has 2 aliphatic rings. The molecule has 1 fully saturated rings. The minimum atomic E-state index is 1.06. The van der Waals surface area contributed by atoms with Gasteiger partial charge in [-0.3, -0.25) is 0 Å². The van der Waals surface area contributed by atoms with Crippen molar-refractivity contribution in [1.82, 2.24) is 9.80 Å². The number of anilines is 1. The Morgan fingerprint density at radius 3 is 2.57 bits per heavy atom. The highest BCUT2D eigenvalue weighted by molar-refractivity contribution is 7.09. The van der Waals surface area contributed by atoms with Crippen LogP contribution >= 0.6 is 11.3 Å². The molecule has 3 heterocycles. The van der Waals surface area contributed by atoms with E-state index in [4.69, 9.17) is 4.99 Å². The Morgan fingerprint density at radius 1 is 1.04 bits per heavy atom. The fourth-order valence-corrected chi connectivity index (χ4v) is 4.28. The second-order valence-electron chi connectivity index (χ2n) is 6.35. The number of piperazine rings is 1. The Balaban J connectivity index is 1.93. The van der Waals surface area contributed by atoms with Crippen molar-refractivity contribution in [2.24, 2.45) is 4.99 Å². The lowest BCUT2D eigenvalue weighted by atomic mass is 10.2. The number of para-hydroxylation sites is 2. The van der Waals surface area contributed by atoms with Gasteiger partial charge in [-0.25, -0.2) is 4.99 Å². The van der Waals surface area contributed by atoms with Gasteiger partial charge in [0, 0.05) is 38.1 Å². The normalized spacial score (nSPS) is 18.3. The molecule has 0 saturated carbocycles. The smallest absolute Gasteiger partial charge is 0.127 e. The number of hydrogen-bond donors (Lipinski definition) is 0.